The van der Waals surface area contributed by atoms with Crippen LogP contribution in [0, 0.1) is 0 Å². The molecule has 0 bridgehead atoms. The maximum Gasteiger partial charge on any atom is 0.0569 e. The van der Waals surface area contributed by atoms with E-state index in [-0.39, 0.29) is 6.04 Å². The third kappa shape index (κ3) is 2.47. The van der Waals surface area contributed by atoms with Crippen LogP contribution in [0.25, 0.3) is 0 Å². The Hall–Kier alpha value is -1.87. The van der Waals surface area contributed by atoms with E-state index < -0.39 is 0 Å². The van der Waals surface area contributed by atoms with Gasteiger partial charge in [-0.05, 0) is 36.6 Å². The number of fused-ring (bicyclic) bond motifs is 1. The zero-order valence-electron chi connectivity index (χ0n) is 11.2. The second kappa shape index (κ2) is 5.02. The molecule has 1 atom stereocenters. The maximum absolute atomic E-state index is 5.83. The minimum atomic E-state index is -0.00358. The van der Waals surface area contributed by atoms with E-state index in [2.05, 4.69) is 40.2 Å². The molecule has 0 saturated carbocycles. The van der Waals surface area contributed by atoms with Crippen LogP contribution < -0.4 is 10.6 Å². The number of pyridine rings is 1. The topological polar surface area (TPSA) is 42.1 Å². The molecule has 19 heavy (non-hydrogen) atoms. The van der Waals surface area contributed by atoms with E-state index in [0.29, 0.717) is 0 Å². The highest BCUT2D eigenvalue weighted by atomic mass is 15.1. The average Bonchev–Trinajstić information content (AvgIpc) is 2.47. The van der Waals surface area contributed by atoms with Crippen LogP contribution in [-0.2, 0) is 13.0 Å². The van der Waals surface area contributed by atoms with E-state index in [1.54, 1.807) is 0 Å². The minimum Gasteiger partial charge on any atom is -0.366 e. The number of anilines is 1. The first-order valence-electron chi connectivity index (χ1n) is 6.77. The molecule has 1 aromatic heterocycles. The van der Waals surface area contributed by atoms with Gasteiger partial charge in [0.2, 0.25) is 0 Å². The van der Waals surface area contributed by atoms with Crippen molar-refractivity contribution in [3.63, 3.8) is 0 Å². The Morgan fingerprint density at radius 1 is 1.16 bits per heavy atom. The zero-order chi connectivity index (χ0) is 13.2. The lowest BCUT2D eigenvalue weighted by Crippen LogP contribution is -2.30. The molecule has 0 aliphatic carbocycles. The summed E-state index contributed by atoms with van der Waals surface area (Å²) in [6.45, 7) is 3.98. The molecule has 3 heteroatoms. The van der Waals surface area contributed by atoms with Gasteiger partial charge < -0.3 is 10.6 Å². The normalized spacial score (nSPS) is 16.0. The highest BCUT2D eigenvalue weighted by molar-refractivity contribution is 5.48. The summed E-state index contributed by atoms with van der Waals surface area (Å²) < 4.78 is 0. The summed E-state index contributed by atoms with van der Waals surface area (Å²) in [5.74, 6) is 0. The monoisotopic (exact) mass is 253 g/mol. The van der Waals surface area contributed by atoms with Crippen LogP contribution in [-0.4, -0.2) is 11.5 Å². The lowest BCUT2D eigenvalue weighted by Gasteiger charge is -2.30. The third-order valence-corrected chi connectivity index (χ3v) is 3.73. The zero-order valence-corrected chi connectivity index (χ0v) is 11.2. The minimum absolute atomic E-state index is 0.00358. The highest BCUT2D eigenvalue weighted by Gasteiger charge is 2.16. The summed E-state index contributed by atoms with van der Waals surface area (Å²) in [5, 5.41) is 0. The molecule has 2 N–H and O–H groups in total. The summed E-state index contributed by atoms with van der Waals surface area (Å²) in [4.78, 5) is 6.82. The number of hydrogen-bond acceptors (Lipinski definition) is 3. The molecule has 98 valence electrons. The SMILES string of the molecule is CC(N)c1ccc(N2CCc3ccccc3C2)cn1. The predicted octanol–water partition coefficient (Wildman–Crippen LogP) is 2.66. The first-order chi connectivity index (χ1) is 9.24. The Balaban J connectivity index is 1.81. The molecule has 3 rings (SSSR count). The van der Waals surface area contributed by atoms with Crippen molar-refractivity contribution in [1.82, 2.24) is 4.98 Å². The van der Waals surface area contributed by atoms with Crippen LogP contribution >= 0.6 is 0 Å². The van der Waals surface area contributed by atoms with Gasteiger partial charge in [0.1, 0.15) is 0 Å². The molecule has 2 aromatic rings. The summed E-state index contributed by atoms with van der Waals surface area (Å²) in [6, 6.07) is 12.8. The molecule has 0 radical (unpaired) electrons. The molecule has 1 aliphatic heterocycles. The Morgan fingerprint density at radius 3 is 2.63 bits per heavy atom. The van der Waals surface area contributed by atoms with Crippen molar-refractivity contribution >= 4 is 5.69 Å². The van der Waals surface area contributed by atoms with E-state index >= 15 is 0 Å². The Kier molecular flexibility index (Phi) is 3.22. The first-order valence-corrected chi connectivity index (χ1v) is 6.77. The van der Waals surface area contributed by atoms with E-state index in [4.69, 9.17) is 5.73 Å². The van der Waals surface area contributed by atoms with E-state index in [0.717, 1.165) is 25.2 Å². The second-order valence-corrected chi connectivity index (χ2v) is 5.17. The largest absolute Gasteiger partial charge is 0.366 e. The van der Waals surface area contributed by atoms with E-state index in [1.807, 2.05) is 19.2 Å². The number of nitrogens with two attached hydrogens (primary N) is 1. The van der Waals surface area contributed by atoms with Crippen molar-refractivity contribution in [2.45, 2.75) is 25.9 Å². The van der Waals surface area contributed by atoms with Crippen LogP contribution in [0.5, 0.6) is 0 Å². The number of aromatic nitrogens is 1. The van der Waals surface area contributed by atoms with Crippen LogP contribution in [0.2, 0.25) is 0 Å². The fraction of sp³-hybridized carbons (Fsp3) is 0.312. The van der Waals surface area contributed by atoms with Gasteiger partial charge in [0.15, 0.2) is 0 Å². The molecule has 2 heterocycles. The van der Waals surface area contributed by atoms with Crippen LogP contribution in [0.4, 0.5) is 5.69 Å². The molecule has 1 aliphatic rings. The van der Waals surface area contributed by atoms with Crippen LogP contribution in [0.3, 0.4) is 0 Å². The summed E-state index contributed by atoms with van der Waals surface area (Å²) in [7, 11) is 0. The van der Waals surface area contributed by atoms with E-state index in [1.165, 1.54) is 16.8 Å². The summed E-state index contributed by atoms with van der Waals surface area (Å²) in [6.07, 6.45) is 3.04. The maximum atomic E-state index is 5.83. The summed E-state index contributed by atoms with van der Waals surface area (Å²) in [5.41, 5.74) is 10.8. The molecule has 3 nitrogen and oxygen atoms in total. The van der Waals surface area contributed by atoms with Crippen molar-refractivity contribution < 1.29 is 0 Å². The number of benzene rings is 1. The lowest BCUT2D eigenvalue weighted by molar-refractivity contribution is 0.725. The van der Waals surface area contributed by atoms with Crippen LogP contribution in [0.15, 0.2) is 42.6 Å². The summed E-state index contributed by atoms with van der Waals surface area (Å²) >= 11 is 0. The highest BCUT2D eigenvalue weighted by Crippen LogP contribution is 2.24. The molecular weight excluding hydrogens is 234 g/mol. The lowest BCUT2D eigenvalue weighted by atomic mass is 9.99. The van der Waals surface area contributed by atoms with Gasteiger partial charge in [0.25, 0.3) is 0 Å². The van der Waals surface area contributed by atoms with Gasteiger partial charge in [-0.1, -0.05) is 24.3 Å². The molecular formula is C16H19N3. The molecule has 0 amide bonds. The fourth-order valence-electron chi connectivity index (χ4n) is 2.57. The van der Waals surface area contributed by atoms with Gasteiger partial charge in [0, 0.05) is 19.1 Å². The number of rotatable bonds is 2. The van der Waals surface area contributed by atoms with Crippen molar-refractivity contribution in [3.8, 4) is 0 Å². The first kappa shape index (κ1) is 12.2. The Bertz CT molecular complexity index is 560. The smallest absolute Gasteiger partial charge is 0.0569 e. The van der Waals surface area contributed by atoms with Crippen molar-refractivity contribution in [2.75, 3.05) is 11.4 Å². The van der Waals surface area contributed by atoms with E-state index in [9.17, 15) is 0 Å². The fourth-order valence-corrected chi connectivity index (χ4v) is 2.57. The third-order valence-electron chi connectivity index (χ3n) is 3.73. The average molecular weight is 253 g/mol. The Morgan fingerprint density at radius 2 is 1.95 bits per heavy atom. The molecule has 0 fully saturated rings. The second-order valence-electron chi connectivity index (χ2n) is 5.17. The molecule has 0 spiro atoms. The number of hydrogen-bond donors (Lipinski definition) is 1. The Labute approximate surface area is 114 Å². The van der Waals surface area contributed by atoms with Gasteiger partial charge >= 0.3 is 0 Å². The molecule has 1 unspecified atom stereocenters. The van der Waals surface area contributed by atoms with Gasteiger partial charge in [-0.15, -0.1) is 0 Å². The van der Waals surface area contributed by atoms with Crippen LogP contribution in [0.1, 0.15) is 29.8 Å². The van der Waals surface area contributed by atoms with Gasteiger partial charge in [-0.2, -0.15) is 0 Å². The van der Waals surface area contributed by atoms with Gasteiger partial charge in [0.05, 0.1) is 17.6 Å². The predicted molar refractivity (Wildman–Crippen MR) is 78.0 cm³/mol. The van der Waals surface area contributed by atoms with Crippen molar-refractivity contribution in [3.05, 3.63) is 59.4 Å². The van der Waals surface area contributed by atoms with Gasteiger partial charge in [-0.3, -0.25) is 4.98 Å². The van der Waals surface area contributed by atoms with Crippen molar-refractivity contribution in [2.24, 2.45) is 5.73 Å². The van der Waals surface area contributed by atoms with Gasteiger partial charge in [-0.25, -0.2) is 0 Å². The molecule has 1 aromatic carbocycles. The number of nitrogens with zero attached hydrogens (tertiary/aromatic N) is 2. The quantitative estimate of drug-likeness (QED) is 0.894. The standard InChI is InChI=1S/C16H19N3/c1-12(17)16-7-6-15(10-18-16)19-9-8-13-4-2-3-5-14(13)11-19/h2-7,10,12H,8-9,11,17H2,1H3. The molecule has 0 saturated heterocycles. The van der Waals surface area contributed by atoms with Crippen molar-refractivity contribution in [1.29, 1.82) is 0 Å².